The maximum Gasteiger partial charge on any atom is 0.247 e. The summed E-state index contributed by atoms with van der Waals surface area (Å²) in [6.07, 6.45) is 10.5. The molecule has 0 bridgehead atoms. The Kier molecular flexibility index (Phi) is 4.03. The molecular formula is C14H20N2O2. The van der Waals surface area contributed by atoms with Crippen LogP contribution in [0.3, 0.4) is 0 Å². The van der Waals surface area contributed by atoms with Gasteiger partial charge in [-0.15, -0.1) is 6.42 Å². The first-order chi connectivity index (χ1) is 8.67. The quantitative estimate of drug-likeness (QED) is 0.598. The Morgan fingerprint density at radius 1 is 1.44 bits per heavy atom. The molecule has 1 N–H and O–H groups in total. The van der Waals surface area contributed by atoms with E-state index < -0.39 is 6.04 Å². The van der Waals surface area contributed by atoms with Gasteiger partial charge in [0, 0.05) is 6.04 Å². The van der Waals surface area contributed by atoms with E-state index in [0.717, 1.165) is 32.1 Å². The van der Waals surface area contributed by atoms with Crippen LogP contribution in [0.5, 0.6) is 0 Å². The van der Waals surface area contributed by atoms with E-state index in [4.69, 9.17) is 6.42 Å². The zero-order chi connectivity index (χ0) is 13.1. The number of hydrogen-bond acceptors (Lipinski definition) is 3. The van der Waals surface area contributed by atoms with Gasteiger partial charge in [0.2, 0.25) is 11.8 Å². The fourth-order valence-electron chi connectivity index (χ4n) is 2.85. The second-order valence-corrected chi connectivity index (χ2v) is 5.09. The molecule has 98 valence electrons. The molecule has 2 unspecified atom stereocenters. The van der Waals surface area contributed by atoms with Crippen molar-refractivity contribution < 1.29 is 9.59 Å². The fraction of sp³-hybridized carbons (Fsp3) is 0.714. The molecule has 18 heavy (non-hydrogen) atoms. The van der Waals surface area contributed by atoms with Gasteiger partial charge in [-0.2, -0.15) is 0 Å². The predicted molar refractivity (Wildman–Crippen MR) is 68.6 cm³/mol. The number of rotatable bonds is 4. The third kappa shape index (κ3) is 2.41. The summed E-state index contributed by atoms with van der Waals surface area (Å²) in [5.41, 5.74) is 0. The molecule has 2 amide bonds. The first-order valence-electron chi connectivity index (χ1n) is 6.75. The van der Waals surface area contributed by atoms with Crippen LogP contribution in [0.15, 0.2) is 0 Å². The molecule has 0 aromatic carbocycles. The minimum Gasteiger partial charge on any atom is -0.292 e. The topological polar surface area (TPSA) is 49.4 Å². The Morgan fingerprint density at radius 2 is 2.11 bits per heavy atom. The van der Waals surface area contributed by atoms with Crippen molar-refractivity contribution >= 4 is 11.8 Å². The highest BCUT2D eigenvalue weighted by Crippen LogP contribution is 2.28. The summed E-state index contributed by atoms with van der Waals surface area (Å²) in [6, 6.07) is -0.419. The molecule has 0 aromatic rings. The SMILES string of the molecule is C#CC(CC)NC1CC(=O)N(C2CCCC2)C1=O. The lowest BCUT2D eigenvalue weighted by Crippen LogP contribution is -2.45. The third-order valence-corrected chi connectivity index (χ3v) is 3.88. The molecule has 1 aliphatic carbocycles. The van der Waals surface area contributed by atoms with E-state index in [1.54, 1.807) is 0 Å². The summed E-state index contributed by atoms with van der Waals surface area (Å²) < 4.78 is 0. The molecule has 1 aliphatic heterocycles. The smallest absolute Gasteiger partial charge is 0.247 e. The van der Waals surface area contributed by atoms with Gasteiger partial charge in [-0.3, -0.25) is 19.8 Å². The number of nitrogens with zero attached hydrogens (tertiary/aromatic N) is 1. The average molecular weight is 248 g/mol. The van der Waals surface area contributed by atoms with Gasteiger partial charge in [-0.25, -0.2) is 0 Å². The highest BCUT2D eigenvalue weighted by Gasteiger charge is 2.43. The van der Waals surface area contributed by atoms with Crippen LogP contribution in [-0.4, -0.2) is 34.8 Å². The normalized spacial score (nSPS) is 26.7. The highest BCUT2D eigenvalue weighted by molar-refractivity contribution is 6.05. The molecular weight excluding hydrogens is 228 g/mol. The van der Waals surface area contributed by atoms with Crippen LogP contribution < -0.4 is 5.32 Å². The number of imide groups is 1. The molecule has 0 spiro atoms. The summed E-state index contributed by atoms with van der Waals surface area (Å²) in [6.45, 7) is 1.97. The van der Waals surface area contributed by atoms with Gasteiger partial charge >= 0.3 is 0 Å². The van der Waals surface area contributed by atoms with Crippen molar-refractivity contribution in [3.63, 3.8) is 0 Å². The lowest BCUT2D eigenvalue weighted by molar-refractivity contribution is -0.141. The summed E-state index contributed by atoms with van der Waals surface area (Å²) in [7, 11) is 0. The van der Waals surface area contributed by atoms with E-state index in [2.05, 4.69) is 11.2 Å². The van der Waals surface area contributed by atoms with Crippen molar-refractivity contribution in [3.05, 3.63) is 0 Å². The Bertz CT molecular complexity index is 380. The monoisotopic (exact) mass is 248 g/mol. The third-order valence-electron chi connectivity index (χ3n) is 3.88. The maximum atomic E-state index is 12.2. The van der Waals surface area contributed by atoms with Gasteiger partial charge in [-0.1, -0.05) is 25.7 Å². The second-order valence-electron chi connectivity index (χ2n) is 5.09. The van der Waals surface area contributed by atoms with Gasteiger partial charge in [0.25, 0.3) is 0 Å². The minimum absolute atomic E-state index is 0.0451. The van der Waals surface area contributed by atoms with Crippen molar-refractivity contribution in [2.45, 2.75) is 63.6 Å². The van der Waals surface area contributed by atoms with Crippen LogP contribution in [0.2, 0.25) is 0 Å². The van der Waals surface area contributed by atoms with Crippen LogP contribution in [0.25, 0.3) is 0 Å². The van der Waals surface area contributed by atoms with Gasteiger partial charge in [0.1, 0.15) is 0 Å². The van der Waals surface area contributed by atoms with E-state index in [9.17, 15) is 9.59 Å². The average Bonchev–Trinajstić information content (AvgIpc) is 2.95. The van der Waals surface area contributed by atoms with Crippen molar-refractivity contribution in [1.82, 2.24) is 10.2 Å². The first kappa shape index (κ1) is 13.1. The van der Waals surface area contributed by atoms with Gasteiger partial charge in [0.15, 0.2) is 0 Å². The summed E-state index contributed by atoms with van der Waals surface area (Å²) in [5.74, 6) is 2.48. The van der Waals surface area contributed by atoms with Crippen LogP contribution in [-0.2, 0) is 9.59 Å². The number of terminal acetylenes is 1. The molecule has 4 heteroatoms. The number of amides is 2. The Hall–Kier alpha value is -1.34. The van der Waals surface area contributed by atoms with Crippen LogP contribution >= 0.6 is 0 Å². The number of nitrogens with one attached hydrogen (secondary N) is 1. The van der Waals surface area contributed by atoms with Crippen molar-refractivity contribution in [2.75, 3.05) is 0 Å². The van der Waals surface area contributed by atoms with Gasteiger partial charge in [-0.05, 0) is 19.3 Å². The molecule has 1 saturated heterocycles. The molecule has 1 saturated carbocycles. The summed E-state index contributed by atoms with van der Waals surface area (Å²) in [5, 5.41) is 3.10. The molecule has 0 radical (unpaired) electrons. The fourth-order valence-corrected chi connectivity index (χ4v) is 2.85. The minimum atomic E-state index is -0.418. The van der Waals surface area contributed by atoms with Crippen molar-refractivity contribution in [2.24, 2.45) is 0 Å². The summed E-state index contributed by atoms with van der Waals surface area (Å²) in [4.78, 5) is 25.7. The number of hydrogen-bond donors (Lipinski definition) is 1. The molecule has 1 heterocycles. The Labute approximate surface area is 108 Å². The van der Waals surface area contributed by atoms with Crippen molar-refractivity contribution in [1.29, 1.82) is 0 Å². The molecule has 4 nitrogen and oxygen atoms in total. The largest absolute Gasteiger partial charge is 0.292 e. The zero-order valence-electron chi connectivity index (χ0n) is 10.8. The molecule has 2 fully saturated rings. The molecule has 2 rings (SSSR count). The number of carbonyl (C=O) groups excluding carboxylic acids is 2. The van der Waals surface area contributed by atoms with Crippen molar-refractivity contribution in [3.8, 4) is 12.3 Å². The lowest BCUT2D eigenvalue weighted by atomic mass is 10.1. The Balaban J connectivity index is 2.02. The predicted octanol–water partition coefficient (Wildman–Crippen LogP) is 1.06. The lowest BCUT2D eigenvalue weighted by Gasteiger charge is -2.22. The van der Waals surface area contributed by atoms with Crippen LogP contribution in [0.1, 0.15) is 45.4 Å². The molecule has 2 aliphatic rings. The second kappa shape index (κ2) is 5.53. The Morgan fingerprint density at radius 3 is 2.67 bits per heavy atom. The first-order valence-corrected chi connectivity index (χ1v) is 6.75. The number of carbonyl (C=O) groups is 2. The van der Waals surface area contributed by atoms with E-state index in [0.29, 0.717) is 0 Å². The molecule has 0 aromatic heterocycles. The standard InChI is InChI=1S/C14H20N2O2/c1-3-10(4-2)15-12-9-13(17)16(14(12)18)11-7-5-6-8-11/h1,10-12,15H,4-9H2,2H3. The maximum absolute atomic E-state index is 12.2. The van der Waals surface area contributed by atoms with Crippen LogP contribution in [0.4, 0.5) is 0 Å². The van der Waals surface area contributed by atoms with Gasteiger partial charge in [0.05, 0.1) is 18.5 Å². The van der Waals surface area contributed by atoms with E-state index >= 15 is 0 Å². The van der Waals surface area contributed by atoms with E-state index in [-0.39, 0.29) is 30.3 Å². The zero-order valence-corrected chi connectivity index (χ0v) is 10.8. The van der Waals surface area contributed by atoms with Gasteiger partial charge < -0.3 is 0 Å². The summed E-state index contributed by atoms with van der Waals surface area (Å²) >= 11 is 0. The van der Waals surface area contributed by atoms with Crippen LogP contribution in [0, 0.1) is 12.3 Å². The highest BCUT2D eigenvalue weighted by atomic mass is 16.2. The van der Waals surface area contributed by atoms with E-state index in [1.165, 1.54) is 4.90 Å². The molecule has 2 atom stereocenters. The van der Waals surface area contributed by atoms with E-state index in [1.807, 2.05) is 6.92 Å². The number of likely N-dealkylation sites (tertiary alicyclic amines) is 1.